The molecule has 1 amide bonds. The van der Waals surface area contributed by atoms with E-state index in [2.05, 4.69) is 15.2 Å². The number of aromatic nitrogens is 3. The summed E-state index contributed by atoms with van der Waals surface area (Å²) >= 11 is 7.65. The van der Waals surface area contributed by atoms with E-state index in [1.165, 1.54) is 29.5 Å². The molecule has 1 aliphatic carbocycles. The third-order valence-corrected chi connectivity index (χ3v) is 6.40. The minimum absolute atomic E-state index is 0.147. The van der Waals surface area contributed by atoms with Crippen molar-refractivity contribution in [3.05, 3.63) is 82.4 Å². The Morgan fingerprint density at radius 2 is 1.97 bits per heavy atom. The number of carbonyl (C=O) groups is 1. The number of hydrogen-bond donors (Lipinski definition) is 0. The van der Waals surface area contributed by atoms with Gasteiger partial charge in [-0.3, -0.25) is 4.79 Å². The average molecular weight is 481 g/mol. The first-order chi connectivity index (χ1) is 16.1. The Hall–Kier alpha value is -3.36. The maximum absolute atomic E-state index is 13.1. The van der Waals surface area contributed by atoms with Gasteiger partial charge >= 0.3 is 0 Å². The molecule has 1 fully saturated rings. The lowest BCUT2D eigenvalue weighted by atomic mass is 10.2. The summed E-state index contributed by atoms with van der Waals surface area (Å²) < 4.78 is 18.9. The predicted molar refractivity (Wildman–Crippen MR) is 125 cm³/mol. The van der Waals surface area contributed by atoms with Gasteiger partial charge < -0.3 is 9.32 Å². The highest BCUT2D eigenvalue weighted by Gasteiger charge is 2.33. The molecule has 2 aromatic carbocycles. The van der Waals surface area contributed by atoms with Crippen LogP contribution < -0.4 is 0 Å². The van der Waals surface area contributed by atoms with E-state index in [9.17, 15) is 9.18 Å². The Morgan fingerprint density at radius 3 is 2.73 bits per heavy atom. The van der Waals surface area contributed by atoms with Crippen molar-refractivity contribution < 1.29 is 13.6 Å². The fourth-order valence-electron chi connectivity index (χ4n) is 3.32. The first-order valence-corrected chi connectivity index (χ1v) is 11.6. The molecule has 0 bridgehead atoms. The number of halogens is 2. The lowest BCUT2D eigenvalue weighted by Crippen LogP contribution is -2.31. The second kappa shape index (κ2) is 9.25. The van der Waals surface area contributed by atoms with Gasteiger partial charge in [0.15, 0.2) is 0 Å². The van der Waals surface area contributed by atoms with E-state index in [1.54, 1.807) is 35.2 Å². The van der Waals surface area contributed by atoms with Crippen LogP contribution in [0.5, 0.6) is 0 Å². The molecular formula is C24H18ClFN4O2S. The fraction of sp³-hybridized carbons (Fsp3) is 0.167. The summed E-state index contributed by atoms with van der Waals surface area (Å²) in [5.41, 5.74) is 2.16. The molecule has 4 aromatic rings. The molecule has 0 saturated heterocycles. The monoisotopic (exact) mass is 480 g/mol. The number of nitrogens with zero attached hydrogens (tertiary/aromatic N) is 4. The quantitative estimate of drug-likeness (QED) is 0.310. The van der Waals surface area contributed by atoms with E-state index in [-0.39, 0.29) is 24.3 Å². The van der Waals surface area contributed by atoms with Crippen LogP contribution in [0.2, 0.25) is 5.02 Å². The van der Waals surface area contributed by atoms with Crippen LogP contribution in [0.3, 0.4) is 0 Å². The number of thiazole rings is 1. The molecule has 1 aliphatic rings. The van der Waals surface area contributed by atoms with Crippen molar-refractivity contribution >= 4 is 34.9 Å². The molecule has 9 heteroatoms. The molecule has 0 aliphatic heterocycles. The molecule has 166 valence electrons. The highest BCUT2D eigenvalue weighted by molar-refractivity contribution is 7.13. The van der Waals surface area contributed by atoms with E-state index < -0.39 is 0 Å². The molecule has 0 spiro atoms. The Morgan fingerprint density at radius 1 is 1.18 bits per heavy atom. The standard InChI is InChI=1S/C24H18ClFN4O2S/c25-20-4-2-1-3-19(20)23-29-28-21(32-23)13-30(18-10-11-18)22(31)12-9-17-14-33-24(27-17)15-5-7-16(26)8-6-15/h1-9,12,14,18H,10-11,13H2. The highest BCUT2D eigenvalue weighted by Crippen LogP contribution is 2.31. The summed E-state index contributed by atoms with van der Waals surface area (Å²) in [5.74, 6) is 0.240. The van der Waals surface area contributed by atoms with Crippen molar-refractivity contribution in [2.24, 2.45) is 0 Å². The Kier molecular flexibility index (Phi) is 6.02. The minimum atomic E-state index is -0.290. The Bertz CT molecular complexity index is 1310. The van der Waals surface area contributed by atoms with Crippen molar-refractivity contribution in [1.82, 2.24) is 20.1 Å². The number of benzene rings is 2. The van der Waals surface area contributed by atoms with E-state index in [4.69, 9.17) is 16.0 Å². The van der Waals surface area contributed by atoms with Gasteiger partial charge in [0.2, 0.25) is 17.7 Å². The summed E-state index contributed by atoms with van der Waals surface area (Å²) in [4.78, 5) is 19.2. The van der Waals surface area contributed by atoms with Crippen LogP contribution in [-0.4, -0.2) is 32.0 Å². The van der Waals surface area contributed by atoms with Crippen molar-refractivity contribution in [1.29, 1.82) is 0 Å². The Labute approximate surface area is 198 Å². The van der Waals surface area contributed by atoms with Crippen molar-refractivity contribution in [3.63, 3.8) is 0 Å². The van der Waals surface area contributed by atoms with Gasteiger partial charge in [-0.1, -0.05) is 23.7 Å². The molecule has 2 heterocycles. The molecule has 0 radical (unpaired) electrons. The number of hydrogen-bond acceptors (Lipinski definition) is 6. The van der Waals surface area contributed by atoms with Crippen LogP contribution in [0.4, 0.5) is 4.39 Å². The van der Waals surface area contributed by atoms with E-state index in [0.717, 1.165) is 23.4 Å². The summed E-state index contributed by atoms with van der Waals surface area (Å²) in [5, 5.41) is 11.3. The zero-order valence-electron chi connectivity index (χ0n) is 17.3. The van der Waals surface area contributed by atoms with Crippen LogP contribution in [-0.2, 0) is 11.3 Å². The van der Waals surface area contributed by atoms with Crippen LogP contribution >= 0.6 is 22.9 Å². The molecule has 0 atom stereocenters. The second-order valence-corrected chi connectivity index (χ2v) is 8.86. The minimum Gasteiger partial charge on any atom is -0.419 e. The number of amides is 1. The van der Waals surface area contributed by atoms with E-state index in [0.29, 0.717) is 28.1 Å². The lowest BCUT2D eigenvalue weighted by molar-refractivity contribution is -0.127. The maximum atomic E-state index is 13.1. The van der Waals surface area contributed by atoms with Gasteiger partial charge in [0.1, 0.15) is 10.8 Å². The molecule has 0 unspecified atom stereocenters. The number of carbonyl (C=O) groups excluding carboxylic acids is 1. The zero-order valence-corrected chi connectivity index (χ0v) is 18.9. The largest absolute Gasteiger partial charge is 0.419 e. The van der Waals surface area contributed by atoms with Crippen LogP contribution in [0, 0.1) is 5.82 Å². The average Bonchev–Trinajstić information content (AvgIpc) is 3.36. The normalized spacial score (nSPS) is 13.5. The molecule has 33 heavy (non-hydrogen) atoms. The van der Waals surface area contributed by atoms with E-state index in [1.807, 2.05) is 17.5 Å². The third kappa shape index (κ3) is 5.02. The van der Waals surface area contributed by atoms with Gasteiger partial charge in [0.25, 0.3) is 0 Å². The molecule has 0 N–H and O–H groups in total. The van der Waals surface area contributed by atoms with Crippen LogP contribution in [0.1, 0.15) is 24.4 Å². The highest BCUT2D eigenvalue weighted by atomic mass is 35.5. The molecule has 1 saturated carbocycles. The first kappa shape index (κ1) is 21.5. The van der Waals surface area contributed by atoms with Crippen LogP contribution in [0.25, 0.3) is 28.1 Å². The summed E-state index contributed by atoms with van der Waals surface area (Å²) in [6, 6.07) is 13.6. The number of rotatable bonds is 7. The lowest BCUT2D eigenvalue weighted by Gasteiger charge is -2.18. The molecule has 5 rings (SSSR count). The summed E-state index contributed by atoms with van der Waals surface area (Å²) in [6.07, 6.45) is 5.07. The fourth-order valence-corrected chi connectivity index (χ4v) is 4.33. The van der Waals surface area contributed by atoms with Gasteiger partial charge in [0.05, 0.1) is 22.8 Å². The van der Waals surface area contributed by atoms with Gasteiger partial charge in [-0.2, -0.15) is 0 Å². The van der Waals surface area contributed by atoms with Gasteiger partial charge in [-0.05, 0) is 55.3 Å². The van der Waals surface area contributed by atoms with Crippen LogP contribution in [0.15, 0.2) is 64.4 Å². The summed E-state index contributed by atoms with van der Waals surface area (Å²) in [7, 11) is 0. The molecule has 2 aromatic heterocycles. The van der Waals surface area contributed by atoms with Gasteiger partial charge in [-0.25, -0.2) is 9.37 Å². The third-order valence-electron chi connectivity index (χ3n) is 5.16. The predicted octanol–water partition coefficient (Wildman–Crippen LogP) is 5.86. The van der Waals surface area contributed by atoms with Gasteiger partial charge in [-0.15, -0.1) is 21.5 Å². The first-order valence-electron chi connectivity index (χ1n) is 10.3. The summed E-state index contributed by atoms with van der Waals surface area (Å²) in [6.45, 7) is 0.225. The molecular weight excluding hydrogens is 463 g/mol. The van der Waals surface area contributed by atoms with Crippen molar-refractivity contribution in [2.75, 3.05) is 0 Å². The second-order valence-electron chi connectivity index (χ2n) is 7.60. The zero-order chi connectivity index (χ0) is 22.8. The smallest absolute Gasteiger partial charge is 0.249 e. The molecule has 6 nitrogen and oxygen atoms in total. The topological polar surface area (TPSA) is 72.1 Å². The van der Waals surface area contributed by atoms with Crippen molar-refractivity contribution in [3.8, 4) is 22.0 Å². The maximum Gasteiger partial charge on any atom is 0.249 e. The SMILES string of the molecule is O=C(C=Cc1csc(-c2ccc(F)cc2)n1)N(Cc1nnc(-c2ccccc2Cl)o1)C1CC1. The van der Waals surface area contributed by atoms with Gasteiger partial charge in [0, 0.05) is 23.1 Å². The Balaban J connectivity index is 1.28. The van der Waals surface area contributed by atoms with E-state index >= 15 is 0 Å². The van der Waals surface area contributed by atoms with Crippen molar-refractivity contribution in [2.45, 2.75) is 25.4 Å².